The second kappa shape index (κ2) is 9.80. The summed E-state index contributed by atoms with van der Waals surface area (Å²) in [5, 5.41) is 3.20. The Hall–Kier alpha value is -0.560. The summed E-state index contributed by atoms with van der Waals surface area (Å²) < 4.78 is 53.2. The highest BCUT2D eigenvalue weighted by atomic mass is 35.5. The number of rotatable bonds is 4. The molecule has 1 saturated heterocycles. The Balaban J connectivity index is 0.00000264. The van der Waals surface area contributed by atoms with Gasteiger partial charge in [-0.2, -0.15) is 13.2 Å². The Morgan fingerprint density at radius 3 is 2.21 bits per heavy atom. The van der Waals surface area contributed by atoms with Crippen LogP contribution in [0.4, 0.5) is 17.6 Å². The van der Waals surface area contributed by atoms with Crippen LogP contribution in [-0.4, -0.2) is 31.1 Å². The minimum Gasteiger partial charge on any atom is -0.314 e. The summed E-state index contributed by atoms with van der Waals surface area (Å²) >= 11 is 0. The summed E-state index contributed by atoms with van der Waals surface area (Å²) in [6.45, 7) is 6.91. The molecule has 1 fully saturated rings. The molecule has 0 radical (unpaired) electrons. The third-order valence-electron chi connectivity index (χ3n) is 3.97. The Kier molecular flexibility index (Phi) is 9.57. The lowest BCUT2D eigenvalue weighted by atomic mass is 9.91. The maximum atomic E-state index is 13.3. The maximum absolute atomic E-state index is 13.3. The maximum Gasteiger partial charge on any atom is 0.416 e. The van der Waals surface area contributed by atoms with Gasteiger partial charge >= 0.3 is 6.18 Å². The predicted octanol–water partition coefficient (Wildman–Crippen LogP) is 4.68. The van der Waals surface area contributed by atoms with Gasteiger partial charge in [-0.05, 0) is 30.0 Å². The fourth-order valence-corrected chi connectivity index (χ4v) is 2.98. The minimum atomic E-state index is -4.54. The van der Waals surface area contributed by atoms with E-state index in [9.17, 15) is 17.6 Å². The molecule has 1 aliphatic rings. The highest BCUT2D eigenvalue weighted by molar-refractivity contribution is 5.85. The third-order valence-corrected chi connectivity index (χ3v) is 3.97. The van der Waals surface area contributed by atoms with Crippen molar-refractivity contribution in [2.24, 2.45) is 5.92 Å². The molecule has 1 atom stereocenters. The lowest BCUT2D eigenvalue weighted by Gasteiger charge is -2.37. The molecule has 140 valence electrons. The van der Waals surface area contributed by atoms with E-state index in [1.807, 2.05) is 13.8 Å². The largest absolute Gasteiger partial charge is 0.416 e. The first-order valence-corrected chi connectivity index (χ1v) is 7.60. The SMILES string of the molecule is CC(C)C[C@@H](c1ccc(F)cc1C(F)(F)F)N1CCNCC1.Cl.Cl. The highest BCUT2D eigenvalue weighted by Gasteiger charge is 2.37. The van der Waals surface area contributed by atoms with Gasteiger partial charge in [-0.15, -0.1) is 24.8 Å². The van der Waals surface area contributed by atoms with E-state index in [0.717, 1.165) is 19.2 Å². The van der Waals surface area contributed by atoms with E-state index in [4.69, 9.17) is 0 Å². The van der Waals surface area contributed by atoms with Crippen molar-refractivity contribution >= 4 is 24.8 Å². The highest BCUT2D eigenvalue weighted by Crippen LogP contribution is 2.39. The molecule has 1 aliphatic heterocycles. The zero-order chi connectivity index (χ0) is 16.3. The van der Waals surface area contributed by atoms with Crippen molar-refractivity contribution < 1.29 is 17.6 Å². The number of piperazine rings is 1. The number of halogens is 6. The fourth-order valence-electron chi connectivity index (χ4n) is 2.98. The molecule has 0 aromatic heterocycles. The van der Waals surface area contributed by atoms with Crippen molar-refractivity contribution in [3.05, 3.63) is 35.1 Å². The first kappa shape index (κ1) is 23.4. The average molecular weight is 391 g/mol. The molecular weight excluding hydrogens is 367 g/mol. The Bertz CT molecular complexity index is 503. The zero-order valence-corrected chi connectivity index (χ0v) is 15.3. The molecule has 1 aromatic carbocycles. The standard InChI is InChI=1S/C16H22F4N2.2ClH/c1-11(2)9-15(22-7-5-21-6-8-22)13-4-3-12(17)10-14(13)16(18,19)20;;/h3-4,10-11,15,21H,5-9H2,1-2H3;2*1H/t15-;;/m0../s1. The average Bonchev–Trinajstić information content (AvgIpc) is 2.45. The van der Waals surface area contributed by atoms with Crippen LogP contribution in [0.2, 0.25) is 0 Å². The van der Waals surface area contributed by atoms with E-state index < -0.39 is 17.6 Å². The number of nitrogens with zero attached hydrogens (tertiary/aromatic N) is 1. The third kappa shape index (κ3) is 6.06. The number of hydrogen-bond acceptors (Lipinski definition) is 2. The lowest BCUT2D eigenvalue weighted by molar-refractivity contribution is -0.139. The molecule has 1 heterocycles. The molecule has 0 aliphatic carbocycles. The van der Waals surface area contributed by atoms with Crippen molar-refractivity contribution in [1.29, 1.82) is 0 Å². The van der Waals surface area contributed by atoms with Crippen LogP contribution in [0.15, 0.2) is 18.2 Å². The van der Waals surface area contributed by atoms with Crippen molar-refractivity contribution in [3.8, 4) is 0 Å². The number of benzene rings is 1. The summed E-state index contributed by atoms with van der Waals surface area (Å²) in [5.41, 5.74) is -0.666. The number of alkyl halides is 3. The van der Waals surface area contributed by atoms with Crippen LogP contribution in [0.25, 0.3) is 0 Å². The first-order chi connectivity index (χ1) is 10.3. The molecule has 8 heteroatoms. The zero-order valence-electron chi connectivity index (χ0n) is 13.7. The molecule has 0 bridgehead atoms. The monoisotopic (exact) mass is 390 g/mol. The van der Waals surface area contributed by atoms with Crippen molar-refractivity contribution in [1.82, 2.24) is 10.2 Å². The molecule has 0 unspecified atom stereocenters. The first-order valence-electron chi connectivity index (χ1n) is 7.60. The summed E-state index contributed by atoms with van der Waals surface area (Å²) in [4.78, 5) is 2.07. The van der Waals surface area contributed by atoms with Crippen LogP contribution in [0, 0.1) is 11.7 Å². The fraction of sp³-hybridized carbons (Fsp3) is 0.625. The summed E-state index contributed by atoms with van der Waals surface area (Å²) in [7, 11) is 0. The molecule has 0 amide bonds. The van der Waals surface area contributed by atoms with Gasteiger partial charge in [-0.3, -0.25) is 4.90 Å². The van der Waals surface area contributed by atoms with Gasteiger partial charge in [0, 0.05) is 32.2 Å². The van der Waals surface area contributed by atoms with Gasteiger partial charge in [0.15, 0.2) is 0 Å². The summed E-state index contributed by atoms with van der Waals surface area (Å²) in [6.07, 6.45) is -3.92. The van der Waals surface area contributed by atoms with E-state index in [1.54, 1.807) is 0 Å². The normalized spacial score (nSPS) is 17.1. The Morgan fingerprint density at radius 1 is 1.12 bits per heavy atom. The summed E-state index contributed by atoms with van der Waals surface area (Å²) in [5.74, 6) is -0.592. The minimum absolute atomic E-state index is 0. The van der Waals surface area contributed by atoms with Crippen LogP contribution < -0.4 is 5.32 Å². The Labute approximate surface area is 152 Å². The molecular formula is C16H24Cl2F4N2. The van der Waals surface area contributed by atoms with Gasteiger partial charge in [-0.1, -0.05) is 19.9 Å². The molecule has 0 spiro atoms. The van der Waals surface area contributed by atoms with Gasteiger partial charge in [0.05, 0.1) is 5.56 Å². The molecule has 1 aromatic rings. The van der Waals surface area contributed by atoms with Crippen molar-refractivity contribution in [2.75, 3.05) is 26.2 Å². The van der Waals surface area contributed by atoms with Gasteiger partial charge in [0.1, 0.15) is 5.82 Å². The molecule has 0 saturated carbocycles. The van der Waals surface area contributed by atoms with Crippen LogP contribution in [0.1, 0.15) is 37.4 Å². The number of hydrogen-bond donors (Lipinski definition) is 1. The predicted molar refractivity (Wildman–Crippen MR) is 92.5 cm³/mol. The second-order valence-electron chi connectivity index (χ2n) is 6.16. The van der Waals surface area contributed by atoms with Crippen molar-refractivity contribution in [3.63, 3.8) is 0 Å². The Morgan fingerprint density at radius 2 is 1.71 bits per heavy atom. The lowest BCUT2D eigenvalue weighted by Crippen LogP contribution is -2.45. The van der Waals surface area contributed by atoms with Gasteiger partial charge in [-0.25, -0.2) is 4.39 Å². The number of nitrogens with one attached hydrogen (secondary N) is 1. The van der Waals surface area contributed by atoms with Crippen LogP contribution in [0.3, 0.4) is 0 Å². The van der Waals surface area contributed by atoms with Crippen LogP contribution >= 0.6 is 24.8 Å². The van der Waals surface area contributed by atoms with E-state index >= 15 is 0 Å². The topological polar surface area (TPSA) is 15.3 Å². The van der Waals surface area contributed by atoms with Crippen LogP contribution in [-0.2, 0) is 6.18 Å². The van der Waals surface area contributed by atoms with E-state index in [-0.39, 0.29) is 42.3 Å². The van der Waals surface area contributed by atoms with Gasteiger partial charge < -0.3 is 5.32 Å². The van der Waals surface area contributed by atoms with E-state index in [1.165, 1.54) is 6.07 Å². The molecule has 2 rings (SSSR count). The molecule has 24 heavy (non-hydrogen) atoms. The summed E-state index contributed by atoms with van der Waals surface area (Å²) in [6, 6.07) is 2.71. The quantitative estimate of drug-likeness (QED) is 0.750. The second-order valence-corrected chi connectivity index (χ2v) is 6.16. The smallest absolute Gasteiger partial charge is 0.314 e. The van der Waals surface area contributed by atoms with Crippen molar-refractivity contribution in [2.45, 2.75) is 32.5 Å². The van der Waals surface area contributed by atoms with E-state index in [2.05, 4.69) is 10.2 Å². The molecule has 1 N–H and O–H groups in total. The van der Waals surface area contributed by atoms with Gasteiger partial charge in [0.25, 0.3) is 0 Å². The van der Waals surface area contributed by atoms with E-state index in [0.29, 0.717) is 25.6 Å². The molecule has 2 nitrogen and oxygen atoms in total. The van der Waals surface area contributed by atoms with Gasteiger partial charge in [0.2, 0.25) is 0 Å². The van der Waals surface area contributed by atoms with Crippen LogP contribution in [0.5, 0.6) is 0 Å².